The standard InChI is InChI=1S/C12H14BrCl2NO2S2/c1-7-5-16(6-8(2)19-7)20(17,18)12-10(14)3-9(13)4-11(12)15/h3-4,7-8H,5-6H2,1-2H3. The fourth-order valence-corrected chi connectivity index (χ4v) is 7.25. The minimum absolute atomic E-state index is 0.00432. The lowest BCUT2D eigenvalue weighted by Crippen LogP contribution is -2.44. The summed E-state index contributed by atoms with van der Waals surface area (Å²) < 4.78 is 27.7. The SMILES string of the molecule is CC1CN(S(=O)(=O)c2c(Cl)cc(Br)cc2Cl)CC(C)S1. The molecule has 0 radical (unpaired) electrons. The van der Waals surface area contributed by atoms with Gasteiger partial charge in [0.1, 0.15) is 4.90 Å². The first-order valence-electron chi connectivity index (χ1n) is 6.02. The second-order valence-corrected chi connectivity index (χ2v) is 10.3. The maximum Gasteiger partial charge on any atom is 0.246 e. The van der Waals surface area contributed by atoms with Crippen molar-refractivity contribution in [1.29, 1.82) is 0 Å². The van der Waals surface area contributed by atoms with Crippen molar-refractivity contribution < 1.29 is 8.42 Å². The summed E-state index contributed by atoms with van der Waals surface area (Å²) >= 11 is 17.2. The Balaban J connectivity index is 2.45. The molecule has 8 heteroatoms. The van der Waals surface area contributed by atoms with Crippen LogP contribution in [0.4, 0.5) is 0 Å². The third-order valence-electron chi connectivity index (χ3n) is 2.95. The molecular formula is C12H14BrCl2NO2S2. The van der Waals surface area contributed by atoms with Crippen LogP contribution in [0.2, 0.25) is 10.0 Å². The van der Waals surface area contributed by atoms with Gasteiger partial charge in [-0.2, -0.15) is 16.1 Å². The summed E-state index contributed by atoms with van der Waals surface area (Å²) in [5.41, 5.74) is 0. The molecule has 2 atom stereocenters. The molecule has 0 aromatic heterocycles. The van der Waals surface area contributed by atoms with Gasteiger partial charge < -0.3 is 0 Å². The molecule has 0 spiro atoms. The maximum absolute atomic E-state index is 12.8. The fourth-order valence-electron chi connectivity index (χ4n) is 2.23. The molecule has 2 rings (SSSR count). The van der Waals surface area contributed by atoms with Gasteiger partial charge in [0.05, 0.1) is 10.0 Å². The Labute approximate surface area is 142 Å². The van der Waals surface area contributed by atoms with E-state index in [1.54, 1.807) is 23.9 Å². The smallest absolute Gasteiger partial charge is 0.207 e. The van der Waals surface area contributed by atoms with Gasteiger partial charge in [-0.25, -0.2) is 8.42 Å². The molecule has 0 bridgehead atoms. The molecule has 1 saturated heterocycles. The van der Waals surface area contributed by atoms with E-state index in [4.69, 9.17) is 23.2 Å². The van der Waals surface area contributed by atoms with Crippen molar-refractivity contribution in [2.45, 2.75) is 29.2 Å². The number of thioether (sulfide) groups is 1. The van der Waals surface area contributed by atoms with E-state index in [1.165, 1.54) is 4.31 Å². The predicted molar refractivity (Wildman–Crippen MR) is 89.4 cm³/mol. The van der Waals surface area contributed by atoms with Crippen LogP contribution in [0.15, 0.2) is 21.5 Å². The van der Waals surface area contributed by atoms with Crippen LogP contribution in [0.5, 0.6) is 0 Å². The average Bonchev–Trinajstić information content (AvgIpc) is 2.25. The number of rotatable bonds is 2. The molecule has 0 aliphatic carbocycles. The van der Waals surface area contributed by atoms with Gasteiger partial charge in [0.15, 0.2) is 0 Å². The van der Waals surface area contributed by atoms with Gasteiger partial charge in [0.2, 0.25) is 10.0 Å². The highest BCUT2D eigenvalue weighted by Gasteiger charge is 2.34. The van der Waals surface area contributed by atoms with Crippen molar-refractivity contribution >= 4 is 60.9 Å². The van der Waals surface area contributed by atoms with Crippen LogP contribution in [-0.2, 0) is 10.0 Å². The molecule has 1 aliphatic rings. The molecular weight excluding hydrogens is 405 g/mol. The van der Waals surface area contributed by atoms with Crippen LogP contribution in [-0.4, -0.2) is 36.3 Å². The molecule has 1 fully saturated rings. The summed E-state index contributed by atoms with van der Waals surface area (Å²) in [5.74, 6) is 0. The van der Waals surface area contributed by atoms with Gasteiger partial charge >= 0.3 is 0 Å². The van der Waals surface area contributed by atoms with E-state index in [0.29, 0.717) is 17.6 Å². The Bertz CT molecular complexity index is 591. The van der Waals surface area contributed by atoms with E-state index in [0.717, 1.165) is 0 Å². The highest BCUT2D eigenvalue weighted by atomic mass is 79.9. The summed E-state index contributed by atoms with van der Waals surface area (Å²) in [4.78, 5) is -0.00432. The van der Waals surface area contributed by atoms with Crippen LogP contribution < -0.4 is 0 Å². The summed E-state index contributed by atoms with van der Waals surface area (Å²) in [6, 6.07) is 3.09. The minimum Gasteiger partial charge on any atom is -0.207 e. The fraction of sp³-hybridized carbons (Fsp3) is 0.500. The maximum atomic E-state index is 12.8. The molecule has 20 heavy (non-hydrogen) atoms. The van der Waals surface area contributed by atoms with E-state index >= 15 is 0 Å². The van der Waals surface area contributed by atoms with Crippen LogP contribution >= 0.6 is 50.9 Å². The van der Waals surface area contributed by atoms with Gasteiger partial charge in [0.25, 0.3) is 0 Å². The van der Waals surface area contributed by atoms with E-state index < -0.39 is 10.0 Å². The molecule has 1 aromatic rings. The quantitative estimate of drug-likeness (QED) is 0.719. The largest absolute Gasteiger partial charge is 0.246 e. The van der Waals surface area contributed by atoms with Crippen molar-refractivity contribution in [1.82, 2.24) is 4.31 Å². The molecule has 112 valence electrons. The molecule has 2 unspecified atom stereocenters. The average molecular weight is 419 g/mol. The van der Waals surface area contributed by atoms with Crippen LogP contribution in [0, 0.1) is 0 Å². The van der Waals surface area contributed by atoms with Crippen molar-refractivity contribution in [2.75, 3.05) is 13.1 Å². The Kier molecular flexibility index (Phi) is 5.36. The first-order chi connectivity index (χ1) is 9.21. The Morgan fingerprint density at radius 2 is 1.65 bits per heavy atom. The van der Waals surface area contributed by atoms with Crippen LogP contribution in [0.1, 0.15) is 13.8 Å². The number of benzene rings is 1. The van der Waals surface area contributed by atoms with Crippen molar-refractivity contribution in [3.8, 4) is 0 Å². The van der Waals surface area contributed by atoms with Crippen molar-refractivity contribution in [2.24, 2.45) is 0 Å². The molecule has 3 nitrogen and oxygen atoms in total. The molecule has 0 saturated carbocycles. The molecule has 1 aromatic carbocycles. The highest BCUT2D eigenvalue weighted by molar-refractivity contribution is 9.10. The normalized spacial score (nSPS) is 24.9. The lowest BCUT2D eigenvalue weighted by Gasteiger charge is -2.34. The van der Waals surface area contributed by atoms with Gasteiger partial charge in [-0.15, -0.1) is 0 Å². The Morgan fingerprint density at radius 1 is 1.20 bits per heavy atom. The Morgan fingerprint density at radius 3 is 2.10 bits per heavy atom. The zero-order valence-corrected chi connectivity index (χ0v) is 15.7. The molecule has 1 heterocycles. The van der Waals surface area contributed by atoms with E-state index in [-0.39, 0.29) is 25.4 Å². The monoisotopic (exact) mass is 417 g/mol. The molecule has 0 N–H and O–H groups in total. The summed E-state index contributed by atoms with van der Waals surface area (Å²) in [5, 5.41) is 0.786. The summed E-state index contributed by atoms with van der Waals surface area (Å²) in [7, 11) is -3.67. The lowest BCUT2D eigenvalue weighted by atomic mass is 10.4. The second kappa shape index (κ2) is 6.34. The van der Waals surface area contributed by atoms with Crippen LogP contribution in [0.25, 0.3) is 0 Å². The van der Waals surface area contributed by atoms with E-state index in [9.17, 15) is 8.42 Å². The number of hydrogen-bond donors (Lipinski definition) is 0. The molecule has 1 aliphatic heterocycles. The third kappa shape index (κ3) is 3.47. The second-order valence-electron chi connectivity index (χ2n) is 4.78. The minimum atomic E-state index is -3.67. The van der Waals surface area contributed by atoms with Gasteiger partial charge in [0, 0.05) is 28.1 Å². The van der Waals surface area contributed by atoms with E-state index in [1.807, 2.05) is 13.8 Å². The van der Waals surface area contributed by atoms with Gasteiger partial charge in [-0.05, 0) is 12.1 Å². The highest BCUT2D eigenvalue weighted by Crippen LogP contribution is 2.37. The number of halogens is 3. The molecule has 0 amide bonds. The lowest BCUT2D eigenvalue weighted by molar-refractivity contribution is 0.405. The predicted octanol–water partition coefficient (Wildman–Crippen LogP) is 4.27. The Hall–Kier alpha value is 0.540. The number of hydrogen-bond acceptors (Lipinski definition) is 3. The number of nitrogens with zero attached hydrogens (tertiary/aromatic N) is 1. The van der Waals surface area contributed by atoms with Crippen molar-refractivity contribution in [3.05, 3.63) is 26.7 Å². The van der Waals surface area contributed by atoms with Gasteiger partial charge in [-0.3, -0.25) is 0 Å². The zero-order valence-electron chi connectivity index (χ0n) is 10.9. The zero-order chi connectivity index (χ0) is 15.1. The van der Waals surface area contributed by atoms with Crippen LogP contribution in [0.3, 0.4) is 0 Å². The summed E-state index contributed by atoms with van der Waals surface area (Å²) in [6.45, 7) is 4.99. The van der Waals surface area contributed by atoms with E-state index in [2.05, 4.69) is 15.9 Å². The number of sulfonamides is 1. The van der Waals surface area contributed by atoms with Crippen molar-refractivity contribution in [3.63, 3.8) is 0 Å². The third-order valence-corrected chi connectivity index (χ3v) is 7.39. The topological polar surface area (TPSA) is 37.4 Å². The summed E-state index contributed by atoms with van der Waals surface area (Å²) in [6.07, 6.45) is 0. The first-order valence-corrected chi connectivity index (χ1v) is 9.95. The van der Waals surface area contributed by atoms with Gasteiger partial charge in [-0.1, -0.05) is 53.0 Å². The first kappa shape index (κ1) is 16.9.